The third-order valence-corrected chi connectivity index (χ3v) is 1.76. The molecule has 0 saturated heterocycles. The number of rotatable bonds is 4. The Labute approximate surface area is 83.7 Å². The predicted molar refractivity (Wildman–Crippen MR) is 62.2 cm³/mol. The fourth-order valence-corrected chi connectivity index (χ4v) is 1.10. The number of hydrogen-bond donors (Lipinski definition) is 2. The van der Waals surface area contributed by atoms with Crippen LogP contribution in [-0.2, 0) is 0 Å². The number of benzene rings is 1. The van der Waals surface area contributed by atoms with E-state index in [1.165, 1.54) is 11.8 Å². The van der Waals surface area contributed by atoms with Crippen LogP contribution in [0.15, 0.2) is 29.9 Å². The van der Waals surface area contributed by atoms with Crippen LogP contribution in [0.3, 0.4) is 0 Å². The van der Waals surface area contributed by atoms with E-state index >= 15 is 0 Å². The van der Waals surface area contributed by atoms with Crippen molar-refractivity contribution in [2.24, 2.45) is 5.10 Å². The Hall–Kier alpha value is -1.90. The molecule has 14 heavy (non-hydrogen) atoms. The molecule has 1 rings (SSSR count). The Morgan fingerprint density at radius 3 is 2.93 bits per heavy atom. The van der Waals surface area contributed by atoms with E-state index in [2.05, 4.69) is 17.1 Å². The summed E-state index contributed by atoms with van der Waals surface area (Å²) in [5.74, 6) is 0. The van der Waals surface area contributed by atoms with Crippen molar-refractivity contribution in [2.45, 2.75) is 6.92 Å². The number of anilines is 1. The van der Waals surface area contributed by atoms with Crippen LogP contribution in [0.1, 0.15) is 11.1 Å². The molecule has 2 N–H and O–H groups in total. The molecular weight excluding hydrogens is 174 g/mol. The van der Waals surface area contributed by atoms with Gasteiger partial charge >= 0.3 is 0 Å². The summed E-state index contributed by atoms with van der Waals surface area (Å²) in [5.41, 5.74) is 5.92. The Kier molecular flexibility index (Phi) is 3.61. The van der Waals surface area contributed by atoms with Gasteiger partial charge in [-0.25, -0.2) is 0 Å². The first-order chi connectivity index (χ1) is 6.77. The van der Waals surface area contributed by atoms with E-state index in [1.807, 2.05) is 25.1 Å². The molecule has 0 aliphatic heterocycles. The van der Waals surface area contributed by atoms with Gasteiger partial charge in [0.2, 0.25) is 0 Å². The summed E-state index contributed by atoms with van der Waals surface area (Å²) in [6.45, 7) is 5.75. The van der Waals surface area contributed by atoms with Crippen molar-refractivity contribution < 1.29 is 0 Å². The van der Waals surface area contributed by atoms with Gasteiger partial charge in [-0.15, -0.1) is 0 Å². The summed E-state index contributed by atoms with van der Waals surface area (Å²) in [6.07, 6.45) is 4.27. The van der Waals surface area contributed by atoms with E-state index in [1.54, 1.807) is 6.08 Å². The molecule has 0 heterocycles. The Morgan fingerprint density at radius 1 is 1.50 bits per heavy atom. The number of nitrogens with zero attached hydrogens (tertiary/aromatic N) is 1. The van der Waals surface area contributed by atoms with Crippen molar-refractivity contribution in [2.75, 3.05) is 5.43 Å². The minimum Gasteiger partial charge on any atom is -0.307 e. The van der Waals surface area contributed by atoms with Crippen molar-refractivity contribution >= 4 is 24.2 Å². The van der Waals surface area contributed by atoms with Gasteiger partial charge in [0.25, 0.3) is 0 Å². The van der Waals surface area contributed by atoms with Crippen LogP contribution in [0.2, 0.25) is 0 Å². The fraction of sp³-hybridized carbons (Fsp3) is 0.0909. The molecule has 0 bridgehead atoms. The lowest BCUT2D eigenvalue weighted by Gasteiger charge is -2.05. The molecule has 0 spiro atoms. The molecule has 0 radical (unpaired) electrons. The highest BCUT2D eigenvalue weighted by Gasteiger charge is 1.96. The first kappa shape index (κ1) is 10.2. The van der Waals surface area contributed by atoms with E-state index < -0.39 is 0 Å². The van der Waals surface area contributed by atoms with Crippen molar-refractivity contribution in [1.29, 1.82) is 5.41 Å². The molecule has 1 aromatic rings. The SMILES string of the molecule is C=Cc1cc(C)ccc1N/N=C\C=N. The summed E-state index contributed by atoms with van der Waals surface area (Å²) in [4.78, 5) is 0. The van der Waals surface area contributed by atoms with Crippen molar-refractivity contribution in [3.63, 3.8) is 0 Å². The van der Waals surface area contributed by atoms with Crippen molar-refractivity contribution in [1.82, 2.24) is 0 Å². The number of hydrazone groups is 1. The number of aryl methyl sites for hydroxylation is 1. The highest BCUT2D eigenvalue weighted by molar-refractivity contribution is 6.14. The molecule has 0 aliphatic carbocycles. The molecule has 0 saturated carbocycles. The Balaban J connectivity index is 2.90. The van der Waals surface area contributed by atoms with E-state index in [0.717, 1.165) is 17.5 Å². The third kappa shape index (κ3) is 2.55. The largest absolute Gasteiger partial charge is 0.307 e. The molecule has 3 nitrogen and oxygen atoms in total. The quantitative estimate of drug-likeness (QED) is 0.552. The van der Waals surface area contributed by atoms with Crippen LogP contribution >= 0.6 is 0 Å². The second-order valence-electron chi connectivity index (χ2n) is 2.85. The monoisotopic (exact) mass is 187 g/mol. The maximum Gasteiger partial charge on any atom is 0.0648 e. The molecule has 0 amide bonds. The smallest absolute Gasteiger partial charge is 0.0648 e. The molecule has 3 heteroatoms. The first-order valence-electron chi connectivity index (χ1n) is 4.29. The topological polar surface area (TPSA) is 48.2 Å². The lowest BCUT2D eigenvalue weighted by atomic mass is 10.1. The fourth-order valence-electron chi connectivity index (χ4n) is 1.10. The average molecular weight is 187 g/mol. The minimum absolute atomic E-state index is 0.892. The van der Waals surface area contributed by atoms with Gasteiger partial charge in [-0.05, 0) is 24.6 Å². The summed E-state index contributed by atoms with van der Waals surface area (Å²) < 4.78 is 0. The van der Waals surface area contributed by atoms with Crippen molar-refractivity contribution in [3.8, 4) is 0 Å². The summed E-state index contributed by atoms with van der Waals surface area (Å²) in [5, 5.41) is 10.6. The standard InChI is InChI=1S/C11H13N3/c1-3-10-8-9(2)4-5-11(10)14-13-7-6-12/h3-8,12,14H,1H2,2H3/b12-6?,13-7-. The van der Waals surface area contributed by atoms with E-state index in [-0.39, 0.29) is 0 Å². The van der Waals surface area contributed by atoms with Gasteiger partial charge in [-0.2, -0.15) is 5.10 Å². The molecule has 0 atom stereocenters. The highest BCUT2D eigenvalue weighted by atomic mass is 15.3. The molecule has 0 aromatic heterocycles. The number of hydrogen-bond acceptors (Lipinski definition) is 3. The predicted octanol–water partition coefficient (Wildman–Crippen LogP) is 2.69. The van der Waals surface area contributed by atoms with E-state index in [9.17, 15) is 0 Å². The summed E-state index contributed by atoms with van der Waals surface area (Å²) >= 11 is 0. The van der Waals surface area contributed by atoms with Crippen molar-refractivity contribution in [3.05, 3.63) is 35.9 Å². The van der Waals surface area contributed by atoms with Crippen LogP contribution < -0.4 is 5.43 Å². The van der Waals surface area contributed by atoms with Crippen LogP contribution in [0, 0.1) is 12.3 Å². The molecule has 1 aromatic carbocycles. The Bertz CT molecular complexity index is 367. The highest BCUT2D eigenvalue weighted by Crippen LogP contribution is 2.18. The van der Waals surface area contributed by atoms with Crippen LogP contribution in [0.25, 0.3) is 6.08 Å². The zero-order valence-corrected chi connectivity index (χ0v) is 8.12. The second kappa shape index (κ2) is 4.97. The molecule has 72 valence electrons. The van der Waals surface area contributed by atoms with E-state index in [4.69, 9.17) is 5.41 Å². The lowest BCUT2D eigenvalue weighted by Crippen LogP contribution is -1.92. The van der Waals surface area contributed by atoms with Gasteiger partial charge < -0.3 is 5.41 Å². The minimum atomic E-state index is 0.892. The lowest BCUT2D eigenvalue weighted by molar-refractivity contribution is 1.33. The maximum atomic E-state index is 6.77. The maximum absolute atomic E-state index is 6.77. The molecule has 0 aliphatic rings. The Morgan fingerprint density at radius 2 is 2.29 bits per heavy atom. The summed E-state index contributed by atoms with van der Waals surface area (Å²) in [6, 6.07) is 5.96. The van der Waals surface area contributed by atoms with E-state index in [0.29, 0.717) is 0 Å². The molecular formula is C11H13N3. The van der Waals surface area contributed by atoms with Crippen LogP contribution in [0.5, 0.6) is 0 Å². The zero-order chi connectivity index (χ0) is 10.4. The first-order valence-corrected chi connectivity index (χ1v) is 4.29. The van der Waals surface area contributed by atoms with Gasteiger partial charge in [0.1, 0.15) is 0 Å². The van der Waals surface area contributed by atoms with Crippen LogP contribution in [0.4, 0.5) is 5.69 Å². The van der Waals surface area contributed by atoms with Gasteiger partial charge in [-0.1, -0.05) is 24.3 Å². The summed E-state index contributed by atoms with van der Waals surface area (Å²) in [7, 11) is 0. The van der Waals surface area contributed by atoms with Gasteiger partial charge in [0, 0.05) is 6.21 Å². The molecule has 0 unspecified atom stereocenters. The zero-order valence-electron chi connectivity index (χ0n) is 8.12. The third-order valence-electron chi connectivity index (χ3n) is 1.76. The average Bonchev–Trinajstić information content (AvgIpc) is 2.20. The van der Waals surface area contributed by atoms with Gasteiger partial charge in [0.05, 0.1) is 11.9 Å². The normalized spacial score (nSPS) is 10.1. The van der Waals surface area contributed by atoms with Gasteiger partial charge in [-0.3, -0.25) is 5.43 Å². The second-order valence-corrected chi connectivity index (χ2v) is 2.85. The van der Waals surface area contributed by atoms with Gasteiger partial charge in [0.15, 0.2) is 0 Å². The van der Waals surface area contributed by atoms with Crippen LogP contribution in [-0.4, -0.2) is 12.4 Å². The number of nitrogens with one attached hydrogen (secondary N) is 2. The molecule has 0 fully saturated rings.